The van der Waals surface area contributed by atoms with Crippen molar-refractivity contribution < 1.29 is 4.79 Å². The number of carbonyl (C=O) groups excluding carboxylic acids is 1. The molecule has 0 spiro atoms. The zero-order valence-corrected chi connectivity index (χ0v) is 16.1. The lowest BCUT2D eigenvalue weighted by atomic mass is 9.94. The number of amides is 1. The average Bonchev–Trinajstić information content (AvgIpc) is 3.09. The van der Waals surface area contributed by atoms with Crippen molar-refractivity contribution in [2.75, 3.05) is 43.4 Å². The van der Waals surface area contributed by atoms with E-state index in [1.165, 1.54) is 36.9 Å². The molecule has 1 amide bonds. The van der Waals surface area contributed by atoms with Gasteiger partial charge >= 0.3 is 0 Å². The summed E-state index contributed by atoms with van der Waals surface area (Å²) in [5.74, 6) is 1.02. The smallest absolute Gasteiger partial charge is 0.227 e. The van der Waals surface area contributed by atoms with E-state index in [0.717, 1.165) is 44.2 Å². The van der Waals surface area contributed by atoms with Gasteiger partial charge in [0.2, 0.25) is 5.91 Å². The summed E-state index contributed by atoms with van der Waals surface area (Å²) in [5.41, 5.74) is 3.47. The summed E-state index contributed by atoms with van der Waals surface area (Å²) in [5, 5.41) is 3.13. The predicted molar refractivity (Wildman–Crippen MR) is 105 cm³/mol. The zero-order chi connectivity index (χ0) is 17.8. The number of nitrogens with zero attached hydrogens (tertiary/aromatic N) is 2. The number of piperazine rings is 1. The van der Waals surface area contributed by atoms with Gasteiger partial charge in [0, 0.05) is 43.5 Å². The van der Waals surface area contributed by atoms with Crippen LogP contribution in [0.2, 0.25) is 0 Å². The first-order chi connectivity index (χ1) is 12.0. The van der Waals surface area contributed by atoms with Gasteiger partial charge in [0.15, 0.2) is 0 Å². The standard InChI is InChI=1S/C21H33N3O/c1-16-15-19(8-9-20(16)24-12-10-23(3)11-13-24)22-21(25)17(2)14-18-6-4-5-7-18/h8-9,15,17-18H,4-7,10-14H2,1-3H3,(H,22,25). The highest BCUT2D eigenvalue weighted by Crippen LogP contribution is 2.31. The minimum Gasteiger partial charge on any atom is -0.369 e. The minimum atomic E-state index is 0.0979. The van der Waals surface area contributed by atoms with Gasteiger partial charge in [-0.3, -0.25) is 4.79 Å². The summed E-state index contributed by atoms with van der Waals surface area (Å²) in [6.45, 7) is 8.57. The minimum absolute atomic E-state index is 0.0979. The summed E-state index contributed by atoms with van der Waals surface area (Å²) in [4.78, 5) is 17.3. The Bertz CT molecular complexity index is 587. The number of nitrogens with one attached hydrogen (secondary N) is 1. The monoisotopic (exact) mass is 343 g/mol. The van der Waals surface area contributed by atoms with Crippen molar-refractivity contribution in [1.29, 1.82) is 0 Å². The summed E-state index contributed by atoms with van der Waals surface area (Å²) < 4.78 is 0. The number of carbonyl (C=O) groups is 1. The van der Waals surface area contributed by atoms with Crippen molar-refractivity contribution in [2.24, 2.45) is 11.8 Å². The van der Waals surface area contributed by atoms with Crippen molar-refractivity contribution in [1.82, 2.24) is 4.90 Å². The third-order valence-electron chi connectivity index (χ3n) is 5.92. The number of anilines is 2. The molecule has 25 heavy (non-hydrogen) atoms. The molecule has 1 aliphatic carbocycles. The molecule has 1 atom stereocenters. The molecule has 1 aromatic carbocycles. The Labute approximate surface area is 152 Å². The number of aryl methyl sites for hydroxylation is 1. The van der Waals surface area contributed by atoms with Crippen molar-refractivity contribution in [3.63, 3.8) is 0 Å². The molecule has 0 aromatic heterocycles. The first-order valence-electron chi connectivity index (χ1n) is 9.88. The topological polar surface area (TPSA) is 35.6 Å². The fourth-order valence-corrected chi connectivity index (χ4v) is 4.25. The van der Waals surface area contributed by atoms with Gasteiger partial charge in [-0.2, -0.15) is 0 Å². The maximum absolute atomic E-state index is 12.5. The normalized spacial score (nSPS) is 20.7. The van der Waals surface area contributed by atoms with Gasteiger partial charge in [0.25, 0.3) is 0 Å². The summed E-state index contributed by atoms with van der Waals surface area (Å²) >= 11 is 0. The van der Waals surface area contributed by atoms with Gasteiger partial charge in [-0.25, -0.2) is 0 Å². The third kappa shape index (κ3) is 4.75. The van der Waals surface area contributed by atoms with Crippen molar-refractivity contribution in [3.8, 4) is 0 Å². The van der Waals surface area contributed by atoms with Crippen LogP contribution in [0.1, 0.15) is 44.6 Å². The fourth-order valence-electron chi connectivity index (χ4n) is 4.25. The summed E-state index contributed by atoms with van der Waals surface area (Å²) in [7, 11) is 2.18. The Morgan fingerprint density at radius 3 is 2.52 bits per heavy atom. The van der Waals surface area contributed by atoms with Gasteiger partial charge in [-0.05, 0) is 50.1 Å². The van der Waals surface area contributed by atoms with Crippen LogP contribution in [0.4, 0.5) is 11.4 Å². The summed E-state index contributed by atoms with van der Waals surface area (Å²) in [6.07, 6.45) is 6.31. The van der Waals surface area contributed by atoms with Crippen molar-refractivity contribution in [2.45, 2.75) is 46.0 Å². The molecule has 0 radical (unpaired) electrons. The van der Waals surface area contributed by atoms with Gasteiger partial charge < -0.3 is 15.1 Å². The van der Waals surface area contributed by atoms with Gasteiger partial charge in [-0.1, -0.05) is 32.6 Å². The molecule has 1 unspecified atom stereocenters. The van der Waals surface area contributed by atoms with Crippen molar-refractivity contribution >= 4 is 17.3 Å². The second-order valence-electron chi connectivity index (χ2n) is 8.07. The van der Waals surface area contributed by atoms with E-state index in [1.54, 1.807) is 0 Å². The van der Waals surface area contributed by atoms with Crippen LogP contribution in [0, 0.1) is 18.8 Å². The molecular formula is C21H33N3O. The van der Waals surface area contributed by atoms with Crippen LogP contribution in [-0.4, -0.2) is 44.0 Å². The first kappa shape index (κ1) is 18.2. The Hall–Kier alpha value is -1.55. The molecule has 1 aromatic rings. The highest BCUT2D eigenvalue weighted by molar-refractivity contribution is 5.92. The Balaban J connectivity index is 1.57. The molecule has 2 aliphatic rings. The number of benzene rings is 1. The van der Waals surface area contributed by atoms with Crippen molar-refractivity contribution in [3.05, 3.63) is 23.8 Å². The summed E-state index contributed by atoms with van der Waals surface area (Å²) in [6, 6.07) is 6.34. The second-order valence-corrected chi connectivity index (χ2v) is 8.07. The van der Waals surface area contributed by atoms with E-state index in [9.17, 15) is 4.79 Å². The lowest BCUT2D eigenvalue weighted by Gasteiger charge is -2.35. The van der Waals surface area contributed by atoms with Crippen LogP contribution in [0.3, 0.4) is 0 Å². The predicted octanol–water partition coefficient (Wildman–Crippen LogP) is 3.90. The number of hydrogen-bond donors (Lipinski definition) is 1. The molecule has 138 valence electrons. The van der Waals surface area contributed by atoms with E-state index in [-0.39, 0.29) is 11.8 Å². The number of hydrogen-bond acceptors (Lipinski definition) is 3. The van der Waals surface area contributed by atoms with Gasteiger partial charge in [0.05, 0.1) is 0 Å². The van der Waals surface area contributed by atoms with Gasteiger partial charge in [0.1, 0.15) is 0 Å². The van der Waals surface area contributed by atoms with Gasteiger partial charge in [-0.15, -0.1) is 0 Å². The Kier molecular flexibility index (Phi) is 6.00. The fraction of sp³-hybridized carbons (Fsp3) is 0.667. The number of likely N-dealkylation sites (N-methyl/N-ethyl adjacent to an activating group) is 1. The van der Waals surface area contributed by atoms with Crippen LogP contribution >= 0.6 is 0 Å². The molecule has 1 heterocycles. The molecule has 1 saturated carbocycles. The molecule has 4 heteroatoms. The van der Waals surface area contributed by atoms with E-state index in [4.69, 9.17) is 0 Å². The highest BCUT2D eigenvalue weighted by Gasteiger charge is 2.22. The highest BCUT2D eigenvalue weighted by atomic mass is 16.1. The second kappa shape index (κ2) is 8.22. The molecule has 1 aliphatic heterocycles. The van der Waals surface area contributed by atoms with Crippen LogP contribution in [0.15, 0.2) is 18.2 Å². The average molecular weight is 344 g/mol. The maximum atomic E-state index is 12.5. The van der Waals surface area contributed by atoms with E-state index >= 15 is 0 Å². The van der Waals surface area contributed by atoms with E-state index in [2.05, 4.69) is 54.2 Å². The molecular weight excluding hydrogens is 310 g/mol. The molecule has 1 saturated heterocycles. The largest absolute Gasteiger partial charge is 0.369 e. The molecule has 2 fully saturated rings. The maximum Gasteiger partial charge on any atom is 0.227 e. The van der Waals surface area contributed by atoms with Crippen LogP contribution in [0.25, 0.3) is 0 Å². The molecule has 4 nitrogen and oxygen atoms in total. The quantitative estimate of drug-likeness (QED) is 0.881. The number of rotatable bonds is 5. The molecule has 0 bridgehead atoms. The lowest BCUT2D eigenvalue weighted by Crippen LogP contribution is -2.44. The first-order valence-corrected chi connectivity index (χ1v) is 9.88. The SMILES string of the molecule is Cc1cc(NC(=O)C(C)CC2CCCC2)ccc1N1CCN(C)CC1. The van der Waals surface area contributed by atoms with Crippen LogP contribution in [0.5, 0.6) is 0 Å². The van der Waals surface area contributed by atoms with E-state index < -0.39 is 0 Å². The van der Waals surface area contributed by atoms with Crippen LogP contribution in [-0.2, 0) is 4.79 Å². The van der Waals surface area contributed by atoms with E-state index in [1.807, 2.05) is 0 Å². The molecule has 3 rings (SSSR count). The Morgan fingerprint density at radius 1 is 1.20 bits per heavy atom. The Morgan fingerprint density at radius 2 is 1.88 bits per heavy atom. The molecule has 1 N–H and O–H groups in total. The van der Waals surface area contributed by atoms with E-state index in [0.29, 0.717) is 0 Å². The zero-order valence-electron chi connectivity index (χ0n) is 16.1. The lowest BCUT2D eigenvalue weighted by molar-refractivity contribution is -0.119. The van der Waals surface area contributed by atoms with Crippen LogP contribution < -0.4 is 10.2 Å². The third-order valence-corrected chi connectivity index (χ3v) is 5.92.